The Morgan fingerprint density at radius 1 is 1.22 bits per heavy atom. The van der Waals surface area contributed by atoms with Crippen molar-refractivity contribution in [2.75, 3.05) is 14.2 Å². The number of aromatic nitrogens is 2. The number of hydrogen-bond acceptors (Lipinski definition) is 6. The Morgan fingerprint density at radius 2 is 1.91 bits per heavy atom. The molecular formula is C15H17N3O4S. The van der Waals surface area contributed by atoms with Gasteiger partial charge in [0.15, 0.2) is 4.77 Å². The van der Waals surface area contributed by atoms with Gasteiger partial charge in [-0.2, -0.15) is 0 Å². The Labute approximate surface area is 138 Å². The van der Waals surface area contributed by atoms with Gasteiger partial charge in [0, 0.05) is 26.4 Å². The minimum absolute atomic E-state index is 0.0356. The van der Waals surface area contributed by atoms with Crippen molar-refractivity contribution in [2.45, 2.75) is 0 Å². The summed E-state index contributed by atoms with van der Waals surface area (Å²) in [5.74, 6) is 0.868. The number of aromatic hydroxyl groups is 1. The van der Waals surface area contributed by atoms with Crippen molar-refractivity contribution in [2.24, 2.45) is 19.1 Å². The van der Waals surface area contributed by atoms with Crippen LogP contribution in [0.4, 0.5) is 5.69 Å². The molecule has 2 rings (SSSR count). The largest absolute Gasteiger partial charge is 0.497 e. The monoisotopic (exact) mass is 335 g/mol. The predicted molar refractivity (Wildman–Crippen MR) is 90.0 cm³/mol. The van der Waals surface area contributed by atoms with Crippen molar-refractivity contribution >= 4 is 24.1 Å². The quantitative estimate of drug-likeness (QED) is 0.682. The van der Waals surface area contributed by atoms with E-state index in [1.807, 2.05) is 0 Å². The molecule has 0 amide bonds. The molecular weight excluding hydrogens is 318 g/mol. The number of ether oxygens (including phenoxy) is 2. The van der Waals surface area contributed by atoms with Gasteiger partial charge >= 0.3 is 0 Å². The lowest BCUT2D eigenvalue weighted by atomic mass is 10.2. The van der Waals surface area contributed by atoms with Crippen LogP contribution in [0.3, 0.4) is 0 Å². The van der Waals surface area contributed by atoms with Crippen molar-refractivity contribution in [3.63, 3.8) is 0 Å². The molecule has 1 aromatic heterocycles. The number of hydrogen-bond donors (Lipinski definition) is 1. The van der Waals surface area contributed by atoms with E-state index in [9.17, 15) is 9.90 Å². The molecule has 0 unspecified atom stereocenters. The Balaban J connectivity index is 2.58. The van der Waals surface area contributed by atoms with Gasteiger partial charge in [-0.05, 0) is 24.4 Å². The molecule has 0 radical (unpaired) electrons. The Kier molecular flexibility index (Phi) is 4.85. The van der Waals surface area contributed by atoms with Gasteiger partial charge in [0.2, 0.25) is 5.88 Å². The summed E-state index contributed by atoms with van der Waals surface area (Å²) in [7, 11) is 6.16. The van der Waals surface area contributed by atoms with Crippen LogP contribution in [0, 0.1) is 4.77 Å². The Bertz CT molecular complexity index is 884. The lowest BCUT2D eigenvalue weighted by Crippen LogP contribution is -2.25. The van der Waals surface area contributed by atoms with Crippen LogP contribution in [0.2, 0.25) is 0 Å². The third kappa shape index (κ3) is 3.11. The molecule has 7 nitrogen and oxygen atoms in total. The van der Waals surface area contributed by atoms with Gasteiger partial charge in [0.1, 0.15) is 22.7 Å². The fraction of sp³-hybridized carbons (Fsp3) is 0.267. The summed E-state index contributed by atoms with van der Waals surface area (Å²) in [6.07, 6.45) is 1.28. The molecule has 2 aromatic rings. The number of benzene rings is 1. The van der Waals surface area contributed by atoms with Crippen molar-refractivity contribution in [1.82, 2.24) is 9.13 Å². The zero-order valence-corrected chi connectivity index (χ0v) is 14.0. The maximum atomic E-state index is 12.2. The summed E-state index contributed by atoms with van der Waals surface area (Å²) < 4.78 is 13.2. The van der Waals surface area contributed by atoms with Gasteiger partial charge < -0.3 is 14.6 Å². The van der Waals surface area contributed by atoms with E-state index >= 15 is 0 Å². The van der Waals surface area contributed by atoms with E-state index in [1.54, 1.807) is 32.4 Å². The average molecular weight is 335 g/mol. The predicted octanol–water partition coefficient (Wildman–Crippen LogP) is 1.93. The molecule has 0 saturated carbocycles. The van der Waals surface area contributed by atoms with Gasteiger partial charge in [0.05, 0.1) is 14.2 Å². The highest BCUT2D eigenvalue weighted by Crippen LogP contribution is 2.31. The number of rotatable bonds is 4. The van der Waals surface area contributed by atoms with Crippen LogP contribution in [-0.4, -0.2) is 34.7 Å². The highest BCUT2D eigenvalue weighted by molar-refractivity contribution is 7.71. The number of nitrogens with zero attached hydrogens (tertiary/aromatic N) is 3. The average Bonchev–Trinajstić information content (AvgIpc) is 2.57. The van der Waals surface area contributed by atoms with Crippen molar-refractivity contribution in [1.29, 1.82) is 0 Å². The van der Waals surface area contributed by atoms with Gasteiger partial charge in [-0.25, -0.2) is 0 Å². The summed E-state index contributed by atoms with van der Waals surface area (Å²) in [5, 5.41) is 10.1. The molecule has 1 N–H and O–H groups in total. The lowest BCUT2D eigenvalue weighted by molar-refractivity contribution is 0.404. The third-order valence-electron chi connectivity index (χ3n) is 3.39. The first kappa shape index (κ1) is 16.8. The zero-order valence-electron chi connectivity index (χ0n) is 13.2. The molecule has 1 heterocycles. The number of aliphatic imine (C=N–C) groups is 1. The van der Waals surface area contributed by atoms with Gasteiger partial charge in [-0.15, -0.1) is 0 Å². The molecule has 0 aliphatic rings. The molecule has 0 aliphatic heterocycles. The highest BCUT2D eigenvalue weighted by Gasteiger charge is 2.12. The third-order valence-corrected chi connectivity index (χ3v) is 3.93. The fourth-order valence-corrected chi connectivity index (χ4v) is 2.17. The first-order valence-corrected chi connectivity index (χ1v) is 7.06. The van der Waals surface area contributed by atoms with Gasteiger partial charge in [0.25, 0.3) is 5.56 Å². The Morgan fingerprint density at radius 3 is 2.52 bits per heavy atom. The molecule has 23 heavy (non-hydrogen) atoms. The van der Waals surface area contributed by atoms with Crippen LogP contribution in [0.5, 0.6) is 17.4 Å². The molecule has 122 valence electrons. The van der Waals surface area contributed by atoms with E-state index in [0.717, 1.165) is 0 Å². The molecule has 0 atom stereocenters. The second-order valence-electron chi connectivity index (χ2n) is 4.74. The highest BCUT2D eigenvalue weighted by atomic mass is 32.1. The molecule has 0 fully saturated rings. The standard InChI is InChI=1S/C15H17N3O4S/c1-17-13(19)10(14(20)18(2)15(17)23)8-16-11-7-9(21-3)5-6-12(11)22-4/h5-8,19H,1-4H3. The maximum Gasteiger partial charge on any atom is 0.266 e. The van der Waals surface area contributed by atoms with Crippen LogP contribution in [-0.2, 0) is 14.1 Å². The van der Waals surface area contributed by atoms with Crippen molar-refractivity contribution < 1.29 is 14.6 Å². The van der Waals surface area contributed by atoms with E-state index < -0.39 is 5.56 Å². The van der Waals surface area contributed by atoms with E-state index in [-0.39, 0.29) is 16.2 Å². The SMILES string of the molecule is COc1ccc(OC)c(N=Cc2c(O)n(C)c(=S)n(C)c2=O)c1. The first-order chi connectivity index (χ1) is 10.9. The maximum absolute atomic E-state index is 12.2. The minimum atomic E-state index is -0.434. The second kappa shape index (κ2) is 6.66. The van der Waals surface area contributed by atoms with Crippen LogP contribution in [0.1, 0.15) is 5.56 Å². The van der Waals surface area contributed by atoms with Crippen molar-refractivity contribution in [3.05, 3.63) is 38.9 Å². The Hall–Kier alpha value is -2.61. The van der Waals surface area contributed by atoms with E-state index in [4.69, 9.17) is 21.7 Å². The molecule has 0 aliphatic carbocycles. The summed E-state index contributed by atoms with van der Waals surface area (Å²) in [4.78, 5) is 16.5. The summed E-state index contributed by atoms with van der Waals surface area (Å²) in [6.45, 7) is 0. The van der Waals surface area contributed by atoms with Crippen LogP contribution >= 0.6 is 12.2 Å². The van der Waals surface area contributed by atoms with Gasteiger partial charge in [-0.3, -0.25) is 18.9 Å². The fourth-order valence-electron chi connectivity index (χ4n) is 2.00. The van der Waals surface area contributed by atoms with Crippen LogP contribution in [0.25, 0.3) is 0 Å². The molecule has 1 aromatic carbocycles. The molecule has 0 saturated heterocycles. The molecule has 0 bridgehead atoms. The van der Waals surface area contributed by atoms with E-state index in [0.29, 0.717) is 17.2 Å². The molecule has 8 heteroatoms. The second-order valence-corrected chi connectivity index (χ2v) is 5.10. The van der Waals surface area contributed by atoms with Crippen LogP contribution < -0.4 is 15.0 Å². The lowest BCUT2D eigenvalue weighted by Gasteiger charge is -2.09. The van der Waals surface area contributed by atoms with E-state index in [2.05, 4.69) is 4.99 Å². The summed E-state index contributed by atoms with van der Waals surface area (Å²) >= 11 is 5.06. The molecule has 0 spiro atoms. The first-order valence-electron chi connectivity index (χ1n) is 6.65. The van der Waals surface area contributed by atoms with Crippen LogP contribution in [0.15, 0.2) is 28.0 Å². The van der Waals surface area contributed by atoms with E-state index in [1.165, 1.54) is 29.5 Å². The summed E-state index contributed by atoms with van der Waals surface area (Å²) in [6, 6.07) is 5.11. The zero-order chi connectivity index (χ0) is 17.1. The summed E-state index contributed by atoms with van der Waals surface area (Å²) in [5.41, 5.74) is 0.0723. The van der Waals surface area contributed by atoms with Crippen molar-refractivity contribution in [3.8, 4) is 17.4 Å². The number of methoxy groups -OCH3 is 2. The van der Waals surface area contributed by atoms with Gasteiger partial charge in [-0.1, -0.05) is 0 Å². The topological polar surface area (TPSA) is 78.0 Å². The normalized spacial score (nSPS) is 11.0. The minimum Gasteiger partial charge on any atom is -0.497 e. The smallest absolute Gasteiger partial charge is 0.266 e.